The Morgan fingerprint density at radius 3 is 2.62 bits per heavy atom. The predicted octanol–water partition coefficient (Wildman–Crippen LogP) is 3.68. The van der Waals surface area contributed by atoms with Crippen LogP contribution in [0.4, 0.5) is 5.82 Å². The van der Waals surface area contributed by atoms with Gasteiger partial charge in [0, 0.05) is 35.3 Å². The molecule has 0 spiro atoms. The fourth-order valence-corrected chi connectivity index (χ4v) is 2.52. The molecule has 0 saturated heterocycles. The second kappa shape index (κ2) is 6.04. The number of rotatable bonds is 3. The van der Waals surface area contributed by atoms with Gasteiger partial charge in [-0.25, -0.2) is 9.97 Å². The summed E-state index contributed by atoms with van der Waals surface area (Å²) < 4.78 is 0. The Morgan fingerprint density at radius 2 is 1.90 bits per heavy atom. The third kappa shape index (κ3) is 3.10. The van der Waals surface area contributed by atoms with Gasteiger partial charge in [0.15, 0.2) is 5.82 Å². The van der Waals surface area contributed by atoms with Gasteiger partial charge in [-0.2, -0.15) is 0 Å². The van der Waals surface area contributed by atoms with Crippen molar-refractivity contribution >= 4 is 5.82 Å². The van der Waals surface area contributed by atoms with Crippen LogP contribution < -0.4 is 5.32 Å². The van der Waals surface area contributed by atoms with Crippen LogP contribution in [0.15, 0.2) is 36.7 Å². The molecule has 2 aromatic heterocycles. The second-order valence-electron chi connectivity index (χ2n) is 5.47. The topological polar surface area (TPSA) is 50.7 Å². The summed E-state index contributed by atoms with van der Waals surface area (Å²) in [6.45, 7) is 4.11. The van der Waals surface area contributed by atoms with E-state index in [0.29, 0.717) is 6.04 Å². The van der Waals surface area contributed by atoms with Crippen LogP contribution in [-0.4, -0.2) is 21.0 Å². The SMILES string of the molecule is Cc1nc(-c2ccncc2)nc(NC2CC=CCC2)c1C. The van der Waals surface area contributed by atoms with E-state index >= 15 is 0 Å². The number of hydrogen-bond acceptors (Lipinski definition) is 4. The second-order valence-corrected chi connectivity index (χ2v) is 5.47. The van der Waals surface area contributed by atoms with Gasteiger partial charge < -0.3 is 5.32 Å². The van der Waals surface area contributed by atoms with E-state index in [1.807, 2.05) is 19.1 Å². The van der Waals surface area contributed by atoms with Crippen LogP contribution in [0.25, 0.3) is 11.4 Å². The first-order chi connectivity index (χ1) is 10.2. The van der Waals surface area contributed by atoms with Crippen LogP contribution in [-0.2, 0) is 0 Å². The first kappa shape index (κ1) is 13.7. The maximum Gasteiger partial charge on any atom is 0.161 e. The highest BCUT2D eigenvalue weighted by Crippen LogP contribution is 2.23. The number of aryl methyl sites for hydroxylation is 1. The lowest BCUT2D eigenvalue weighted by Gasteiger charge is -2.22. The Kier molecular flexibility index (Phi) is 3.95. The summed E-state index contributed by atoms with van der Waals surface area (Å²) in [5.74, 6) is 1.71. The molecular weight excluding hydrogens is 260 g/mol. The van der Waals surface area contributed by atoms with E-state index in [1.54, 1.807) is 12.4 Å². The molecule has 0 bridgehead atoms. The summed E-state index contributed by atoms with van der Waals surface area (Å²) in [4.78, 5) is 13.4. The van der Waals surface area contributed by atoms with E-state index in [9.17, 15) is 0 Å². The molecule has 0 aliphatic heterocycles. The molecule has 4 heteroatoms. The van der Waals surface area contributed by atoms with Crippen molar-refractivity contribution in [2.45, 2.75) is 39.2 Å². The zero-order chi connectivity index (χ0) is 14.7. The minimum atomic E-state index is 0.466. The van der Waals surface area contributed by atoms with Crippen molar-refractivity contribution in [1.29, 1.82) is 0 Å². The Bertz CT molecular complexity index is 649. The number of nitrogens with zero attached hydrogens (tertiary/aromatic N) is 3. The zero-order valence-corrected chi connectivity index (χ0v) is 12.5. The number of anilines is 1. The van der Waals surface area contributed by atoms with E-state index in [1.165, 1.54) is 0 Å². The van der Waals surface area contributed by atoms with E-state index in [2.05, 4.69) is 34.4 Å². The summed E-state index contributed by atoms with van der Waals surface area (Å²) in [6.07, 6.45) is 11.4. The summed E-state index contributed by atoms with van der Waals surface area (Å²) in [5, 5.41) is 3.58. The number of hydrogen-bond donors (Lipinski definition) is 1. The lowest BCUT2D eigenvalue weighted by atomic mass is 10.0. The normalized spacial score (nSPS) is 17.7. The lowest BCUT2D eigenvalue weighted by Crippen LogP contribution is -2.22. The first-order valence-electron chi connectivity index (χ1n) is 7.41. The highest BCUT2D eigenvalue weighted by Gasteiger charge is 2.14. The minimum absolute atomic E-state index is 0.466. The van der Waals surface area contributed by atoms with E-state index < -0.39 is 0 Å². The molecule has 0 radical (unpaired) electrons. The zero-order valence-electron chi connectivity index (χ0n) is 12.5. The number of nitrogens with one attached hydrogen (secondary N) is 1. The third-order valence-electron chi connectivity index (χ3n) is 3.94. The van der Waals surface area contributed by atoms with E-state index in [4.69, 9.17) is 4.98 Å². The Hall–Kier alpha value is -2.23. The van der Waals surface area contributed by atoms with Gasteiger partial charge in [-0.1, -0.05) is 12.2 Å². The van der Waals surface area contributed by atoms with Crippen molar-refractivity contribution in [1.82, 2.24) is 15.0 Å². The molecule has 2 heterocycles. The molecule has 4 nitrogen and oxygen atoms in total. The summed E-state index contributed by atoms with van der Waals surface area (Å²) >= 11 is 0. The van der Waals surface area contributed by atoms with Gasteiger partial charge in [0.2, 0.25) is 0 Å². The van der Waals surface area contributed by atoms with Gasteiger partial charge in [0.05, 0.1) is 0 Å². The van der Waals surface area contributed by atoms with Crippen LogP contribution >= 0.6 is 0 Å². The highest BCUT2D eigenvalue weighted by atomic mass is 15.1. The molecule has 2 aromatic rings. The molecule has 0 saturated carbocycles. The Labute approximate surface area is 125 Å². The molecule has 108 valence electrons. The van der Waals surface area contributed by atoms with Crippen molar-refractivity contribution in [3.05, 3.63) is 47.9 Å². The monoisotopic (exact) mass is 280 g/mol. The van der Waals surface area contributed by atoms with E-state index in [-0.39, 0.29) is 0 Å². The lowest BCUT2D eigenvalue weighted by molar-refractivity contribution is 0.641. The van der Waals surface area contributed by atoms with Crippen molar-refractivity contribution in [3.63, 3.8) is 0 Å². The number of pyridine rings is 1. The molecule has 0 aromatic carbocycles. The standard InChI is InChI=1S/C17H20N4/c1-12-13(2)19-17(14-8-10-18-11-9-14)21-16(12)20-15-6-4-3-5-7-15/h3-4,8-11,15H,5-7H2,1-2H3,(H,19,20,21). The third-order valence-corrected chi connectivity index (χ3v) is 3.94. The van der Waals surface area contributed by atoms with Crippen LogP contribution in [0, 0.1) is 13.8 Å². The van der Waals surface area contributed by atoms with Gasteiger partial charge >= 0.3 is 0 Å². The number of aromatic nitrogens is 3. The largest absolute Gasteiger partial charge is 0.367 e. The highest BCUT2D eigenvalue weighted by molar-refractivity contribution is 5.59. The molecule has 21 heavy (non-hydrogen) atoms. The molecular formula is C17H20N4. The average molecular weight is 280 g/mol. The predicted molar refractivity (Wildman–Crippen MR) is 85.1 cm³/mol. The van der Waals surface area contributed by atoms with Crippen molar-refractivity contribution in [2.24, 2.45) is 0 Å². The van der Waals surface area contributed by atoms with Crippen LogP contribution in [0.3, 0.4) is 0 Å². The smallest absolute Gasteiger partial charge is 0.161 e. The fraction of sp³-hybridized carbons (Fsp3) is 0.353. The first-order valence-corrected chi connectivity index (χ1v) is 7.41. The molecule has 1 unspecified atom stereocenters. The van der Waals surface area contributed by atoms with Gasteiger partial charge in [-0.15, -0.1) is 0 Å². The van der Waals surface area contributed by atoms with Crippen molar-refractivity contribution < 1.29 is 0 Å². The van der Waals surface area contributed by atoms with Crippen molar-refractivity contribution in [2.75, 3.05) is 5.32 Å². The van der Waals surface area contributed by atoms with Crippen LogP contribution in [0.5, 0.6) is 0 Å². The maximum absolute atomic E-state index is 4.72. The maximum atomic E-state index is 4.72. The molecule has 1 atom stereocenters. The number of allylic oxidation sites excluding steroid dienone is 1. The molecule has 0 fully saturated rings. The van der Waals surface area contributed by atoms with Crippen LogP contribution in [0.1, 0.15) is 30.5 Å². The minimum Gasteiger partial charge on any atom is -0.367 e. The summed E-state index contributed by atoms with van der Waals surface area (Å²) in [5.41, 5.74) is 3.15. The molecule has 1 N–H and O–H groups in total. The molecule has 0 amide bonds. The summed E-state index contributed by atoms with van der Waals surface area (Å²) in [7, 11) is 0. The van der Waals surface area contributed by atoms with Gasteiger partial charge in [0.25, 0.3) is 0 Å². The Morgan fingerprint density at radius 1 is 1.10 bits per heavy atom. The molecule has 1 aliphatic rings. The van der Waals surface area contributed by atoms with Gasteiger partial charge in [-0.3, -0.25) is 4.98 Å². The van der Waals surface area contributed by atoms with Crippen molar-refractivity contribution in [3.8, 4) is 11.4 Å². The summed E-state index contributed by atoms with van der Waals surface area (Å²) in [6, 6.07) is 4.35. The van der Waals surface area contributed by atoms with Crippen LogP contribution in [0.2, 0.25) is 0 Å². The van der Waals surface area contributed by atoms with Gasteiger partial charge in [0.1, 0.15) is 5.82 Å². The average Bonchev–Trinajstić information content (AvgIpc) is 2.53. The van der Waals surface area contributed by atoms with E-state index in [0.717, 1.165) is 47.7 Å². The quantitative estimate of drug-likeness (QED) is 0.871. The molecule has 3 rings (SSSR count). The van der Waals surface area contributed by atoms with Gasteiger partial charge in [-0.05, 0) is 45.2 Å². The fourth-order valence-electron chi connectivity index (χ4n) is 2.52. The Balaban J connectivity index is 1.92. The molecule has 1 aliphatic carbocycles.